The van der Waals surface area contributed by atoms with Crippen LogP contribution in [0.5, 0.6) is 0 Å². The van der Waals surface area contributed by atoms with Crippen LogP contribution in [0.2, 0.25) is 0 Å². The van der Waals surface area contributed by atoms with Crippen LogP contribution in [0.4, 0.5) is 5.69 Å². The van der Waals surface area contributed by atoms with E-state index in [-0.39, 0.29) is 16.6 Å². The van der Waals surface area contributed by atoms with E-state index in [0.717, 1.165) is 6.07 Å². The first-order valence-corrected chi connectivity index (χ1v) is 8.21. The van der Waals surface area contributed by atoms with E-state index in [1.165, 1.54) is 10.4 Å². The molecule has 1 saturated heterocycles. The van der Waals surface area contributed by atoms with Crippen LogP contribution < -0.4 is 5.32 Å². The molecule has 1 N–H and O–H groups in total. The predicted molar refractivity (Wildman–Crippen MR) is 78.8 cm³/mol. The summed E-state index contributed by atoms with van der Waals surface area (Å²) in [6, 6.07) is 2.58. The Bertz CT molecular complexity index is 668. The number of nitro benzene ring substituents is 1. The fourth-order valence-electron chi connectivity index (χ4n) is 2.38. The van der Waals surface area contributed by atoms with Crippen LogP contribution in [0.25, 0.3) is 0 Å². The predicted octanol–water partition coefficient (Wildman–Crippen LogP) is 1.19. The largest absolute Gasteiger partial charge is 0.313 e. The molecule has 0 aromatic heterocycles. The van der Waals surface area contributed by atoms with Crippen molar-refractivity contribution in [2.24, 2.45) is 0 Å². The molecule has 2 rings (SSSR count). The Hall–Kier alpha value is -1.51. The van der Waals surface area contributed by atoms with Crippen molar-refractivity contribution < 1.29 is 13.3 Å². The molecule has 1 aliphatic rings. The highest BCUT2D eigenvalue weighted by molar-refractivity contribution is 7.89. The van der Waals surface area contributed by atoms with Gasteiger partial charge in [-0.05, 0) is 25.5 Å². The van der Waals surface area contributed by atoms with Crippen LogP contribution in [0.1, 0.15) is 18.1 Å². The fourth-order valence-corrected chi connectivity index (χ4v) is 4.12. The van der Waals surface area contributed by atoms with Gasteiger partial charge in [0.25, 0.3) is 5.69 Å². The third-order valence-electron chi connectivity index (χ3n) is 3.90. The number of nitrogens with one attached hydrogen (secondary N) is 1. The fraction of sp³-hybridized carbons (Fsp3) is 0.538. The van der Waals surface area contributed by atoms with Gasteiger partial charge in [0.05, 0.1) is 9.82 Å². The van der Waals surface area contributed by atoms with E-state index in [1.54, 1.807) is 20.8 Å². The maximum Gasteiger partial charge on any atom is 0.273 e. The molecule has 0 unspecified atom stereocenters. The molecular formula is C13H19N3O4S. The monoisotopic (exact) mass is 313 g/mol. The molecule has 1 fully saturated rings. The second-order valence-corrected chi connectivity index (χ2v) is 7.05. The van der Waals surface area contributed by atoms with E-state index in [9.17, 15) is 18.5 Å². The van der Waals surface area contributed by atoms with Crippen LogP contribution in [0, 0.1) is 24.0 Å². The molecule has 8 heteroatoms. The van der Waals surface area contributed by atoms with Crippen LogP contribution >= 0.6 is 0 Å². The first-order valence-electron chi connectivity index (χ1n) is 6.77. The van der Waals surface area contributed by atoms with Crippen LogP contribution in [0.3, 0.4) is 0 Å². The van der Waals surface area contributed by atoms with Crippen LogP contribution in [-0.2, 0) is 10.0 Å². The summed E-state index contributed by atoms with van der Waals surface area (Å²) in [4.78, 5) is 10.5. The van der Waals surface area contributed by atoms with Crippen molar-refractivity contribution in [2.75, 3.05) is 19.6 Å². The lowest BCUT2D eigenvalue weighted by Crippen LogP contribution is -2.58. The molecule has 0 amide bonds. The normalized spacial score (nSPS) is 16.0. The van der Waals surface area contributed by atoms with E-state index < -0.39 is 14.9 Å². The van der Waals surface area contributed by atoms with Gasteiger partial charge < -0.3 is 5.32 Å². The minimum absolute atomic E-state index is 0.00829. The Morgan fingerprint density at radius 1 is 1.38 bits per heavy atom. The van der Waals surface area contributed by atoms with E-state index in [0.29, 0.717) is 30.8 Å². The van der Waals surface area contributed by atoms with Gasteiger partial charge in [-0.1, -0.05) is 6.92 Å². The van der Waals surface area contributed by atoms with Gasteiger partial charge in [0.2, 0.25) is 10.0 Å². The van der Waals surface area contributed by atoms with Gasteiger partial charge in [-0.2, -0.15) is 4.31 Å². The number of hydrogen-bond acceptors (Lipinski definition) is 5. The summed E-state index contributed by atoms with van der Waals surface area (Å²) in [6.45, 7) is 6.64. The van der Waals surface area contributed by atoms with Gasteiger partial charge in [-0.3, -0.25) is 10.1 Å². The zero-order chi connectivity index (χ0) is 15.8. The number of likely N-dealkylation sites (N-methyl/N-ethyl adjacent to an activating group) is 1. The number of hydrogen-bond donors (Lipinski definition) is 1. The highest BCUT2D eigenvalue weighted by atomic mass is 32.2. The molecule has 1 heterocycles. The minimum Gasteiger partial charge on any atom is -0.313 e. The summed E-state index contributed by atoms with van der Waals surface area (Å²) < 4.78 is 26.8. The zero-order valence-electron chi connectivity index (χ0n) is 12.3. The maximum atomic E-state index is 12.7. The van der Waals surface area contributed by atoms with Crippen LogP contribution in [0.15, 0.2) is 17.0 Å². The van der Waals surface area contributed by atoms with Crippen molar-refractivity contribution >= 4 is 15.7 Å². The summed E-state index contributed by atoms with van der Waals surface area (Å²) >= 11 is 0. The van der Waals surface area contributed by atoms with Crippen molar-refractivity contribution in [3.05, 3.63) is 33.4 Å². The maximum absolute atomic E-state index is 12.7. The van der Waals surface area contributed by atoms with E-state index in [4.69, 9.17) is 0 Å². The van der Waals surface area contributed by atoms with Crippen molar-refractivity contribution in [1.82, 2.24) is 9.62 Å². The Morgan fingerprint density at radius 3 is 2.43 bits per heavy atom. The Morgan fingerprint density at radius 2 is 2.00 bits per heavy atom. The third kappa shape index (κ3) is 2.78. The molecule has 0 aliphatic carbocycles. The molecule has 0 spiro atoms. The van der Waals surface area contributed by atoms with E-state index in [2.05, 4.69) is 5.32 Å². The van der Waals surface area contributed by atoms with Gasteiger partial charge >= 0.3 is 0 Å². The zero-order valence-corrected chi connectivity index (χ0v) is 13.1. The Balaban J connectivity index is 2.51. The summed E-state index contributed by atoms with van der Waals surface area (Å²) in [5.74, 6) is 0. The molecule has 0 bridgehead atoms. The highest BCUT2D eigenvalue weighted by Crippen LogP contribution is 2.28. The summed E-state index contributed by atoms with van der Waals surface area (Å²) in [5, 5.41) is 14.1. The number of aryl methyl sites for hydroxylation is 1. The smallest absolute Gasteiger partial charge is 0.273 e. The van der Waals surface area contributed by atoms with Crippen molar-refractivity contribution in [1.29, 1.82) is 0 Å². The third-order valence-corrected chi connectivity index (χ3v) is 5.90. The Labute approximate surface area is 124 Å². The van der Waals surface area contributed by atoms with E-state index >= 15 is 0 Å². The first-order chi connectivity index (χ1) is 9.78. The first kappa shape index (κ1) is 15.9. The highest BCUT2D eigenvalue weighted by Gasteiger charge is 2.34. The minimum atomic E-state index is -3.72. The summed E-state index contributed by atoms with van der Waals surface area (Å²) in [6.07, 6.45) is 0. The molecule has 21 heavy (non-hydrogen) atoms. The lowest BCUT2D eigenvalue weighted by Gasteiger charge is -2.36. The molecule has 0 radical (unpaired) electrons. The number of nitrogens with zero attached hydrogens (tertiary/aromatic N) is 2. The van der Waals surface area contributed by atoms with Crippen LogP contribution in [-0.4, -0.2) is 43.3 Å². The van der Waals surface area contributed by atoms with Gasteiger partial charge in [-0.15, -0.1) is 0 Å². The van der Waals surface area contributed by atoms with Crippen molar-refractivity contribution in [3.63, 3.8) is 0 Å². The molecule has 1 aliphatic heterocycles. The number of rotatable bonds is 5. The molecule has 1 aromatic carbocycles. The molecule has 0 atom stereocenters. The lowest BCUT2D eigenvalue weighted by atomic mass is 10.1. The molecule has 7 nitrogen and oxygen atoms in total. The average Bonchev–Trinajstić information content (AvgIpc) is 2.35. The lowest BCUT2D eigenvalue weighted by molar-refractivity contribution is -0.385. The second-order valence-electron chi connectivity index (χ2n) is 5.16. The molecule has 116 valence electrons. The molecular weight excluding hydrogens is 294 g/mol. The van der Waals surface area contributed by atoms with Gasteiger partial charge in [0.1, 0.15) is 0 Å². The molecule has 1 aromatic rings. The molecule has 0 saturated carbocycles. The Kier molecular flexibility index (Phi) is 4.31. The van der Waals surface area contributed by atoms with Gasteiger partial charge in [-0.25, -0.2) is 8.42 Å². The summed E-state index contributed by atoms with van der Waals surface area (Å²) in [7, 11) is -3.72. The SMILES string of the molecule is CCN(C1CNC1)S(=O)(=O)c1cc(C)c(C)c([N+](=O)[O-])c1. The van der Waals surface area contributed by atoms with Crippen molar-refractivity contribution in [3.8, 4) is 0 Å². The van der Waals surface area contributed by atoms with E-state index in [1.807, 2.05) is 0 Å². The number of benzene rings is 1. The number of sulfonamides is 1. The van der Waals surface area contributed by atoms with Gasteiger partial charge in [0, 0.05) is 37.3 Å². The number of nitro groups is 1. The quantitative estimate of drug-likeness (QED) is 0.651. The summed E-state index contributed by atoms with van der Waals surface area (Å²) in [5.41, 5.74) is 0.939. The van der Waals surface area contributed by atoms with Crippen molar-refractivity contribution in [2.45, 2.75) is 31.7 Å². The standard InChI is InChI=1S/C13H19N3O4S/c1-4-15(11-7-14-8-11)21(19,20)12-5-9(2)10(3)13(6-12)16(17)18/h5-6,11,14H,4,7-8H2,1-3H3. The van der Waals surface area contributed by atoms with Gasteiger partial charge in [0.15, 0.2) is 0 Å². The topological polar surface area (TPSA) is 92.6 Å². The average molecular weight is 313 g/mol. The second kappa shape index (κ2) is 5.70.